The highest BCUT2D eigenvalue weighted by Gasteiger charge is 2.11. The fourth-order valence-corrected chi connectivity index (χ4v) is 1.73. The van der Waals surface area contributed by atoms with Crippen LogP contribution in [-0.2, 0) is 10.3 Å². The van der Waals surface area contributed by atoms with Crippen LogP contribution in [0.5, 0.6) is 5.75 Å². The summed E-state index contributed by atoms with van der Waals surface area (Å²) >= 11 is 0. The molecule has 0 unspecified atom stereocenters. The molecule has 8 heteroatoms. The molecule has 0 bridgehead atoms. The van der Waals surface area contributed by atoms with Crippen molar-refractivity contribution < 1.29 is 17.5 Å². The minimum absolute atomic E-state index is 0.0200. The van der Waals surface area contributed by atoms with Crippen LogP contribution >= 0.6 is 0 Å². The van der Waals surface area contributed by atoms with Crippen molar-refractivity contribution in [3.63, 3.8) is 0 Å². The van der Waals surface area contributed by atoms with E-state index in [0.29, 0.717) is 0 Å². The van der Waals surface area contributed by atoms with Gasteiger partial charge >= 0.3 is 10.3 Å². The third kappa shape index (κ3) is 3.48. The number of nitro groups is 1. The Hall–Kier alpha value is -1.67. The first-order valence-electron chi connectivity index (χ1n) is 4.38. The molecule has 0 saturated carbocycles. The largest absolute Gasteiger partial charge is 0.382 e. The number of nitro benzene ring substituents is 1. The summed E-state index contributed by atoms with van der Waals surface area (Å²) in [4.78, 5) is 9.75. The molecule has 1 rings (SSSR count). The fraction of sp³-hybridized carbons (Fsp3) is 0.250. The molecule has 88 valence electrons. The molecule has 1 N–H and O–H groups in total. The minimum atomic E-state index is -3.84. The number of non-ortho nitro benzene ring substituents is 1. The van der Waals surface area contributed by atoms with Crippen LogP contribution in [0, 0.1) is 10.1 Å². The van der Waals surface area contributed by atoms with Gasteiger partial charge in [-0.15, -0.1) is 0 Å². The lowest BCUT2D eigenvalue weighted by Gasteiger charge is -2.05. The van der Waals surface area contributed by atoms with Crippen LogP contribution in [0.3, 0.4) is 0 Å². The van der Waals surface area contributed by atoms with Gasteiger partial charge in [0, 0.05) is 18.7 Å². The second kappa shape index (κ2) is 4.90. The Labute approximate surface area is 92.4 Å². The van der Waals surface area contributed by atoms with E-state index in [9.17, 15) is 18.5 Å². The van der Waals surface area contributed by atoms with E-state index in [-0.39, 0.29) is 18.0 Å². The molecular formula is C8H10N2O5S. The highest BCUT2D eigenvalue weighted by atomic mass is 32.2. The Bertz CT molecular complexity index is 468. The van der Waals surface area contributed by atoms with Gasteiger partial charge in [-0.2, -0.15) is 13.1 Å². The fourth-order valence-electron chi connectivity index (χ4n) is 0.956. The zero-order valence-corrected chi connectivity index (χ0v) is 9.23. The lowest BCUT2D eigenvalue weighted by Crippen LogP contribution is -2.27. The highest BCUT2D eigenvalue weighted by molar-refractivity contribution is 7.85. The SMILES string of the molecule is CCNS(=O)(=O)Oc1ccc([N+](=O)[O-])cc1. The molecular weight excluding hydrogens is 236 g/mol. The number of hydrogen-bond donors (Lipinski definition) is 1. The maximum atomic E-state index is 11.2. The first-order valence-corrected chi connectivity index (χ1v) is 5.79. The molecule has 0 radical (unpaired) electrons. The van der Waals surface area contributed by atoms with E-state index in [1.54, 1.807) is 6.92 Å². The summed E-state index contributed by atoms with van der Waals surface area (Å²) in [6, 6.07) is 4.76. The molecule has 7 nitrogen and oxygen atoms in total. The first-order chi connectivity index (χ1) is 7.44. The van der Waals surface area contributed by atoms with Crippen LogP contribution < -0.4 is 8.91 Å². The lowest BCUT2D eigenvalue weighted by molar-refractivity contribution is -0.384. The van der Waals surface area contributed by atoms with Gasteiger partial charge in [0.05, 0.1) is 4.92 Å². The molecule has 1 aromatic carbocycles. The standard InChI is InChI=1S/C8H10N2O5S/c1-2-9-16(13,14)15-8-5-3-7(4-6-8)10(11)12/h3-6,9H,2H2,1H3. The summed E-state index contributed by atoms with van der Waals surface area (Å²) in [6.45, 7) is 1.81. The van der Waals surface area contributed by atoms with Crippen molar-refractivity contribution in [2.24, 2.45) is 0 Å². The van der Waals surface area contributed by atoms with Crippen LogP contribution in [0.4, 0.5) is 5.69 Å². The van der Waals surface area contributed by atoms with Crippen molar-refractivity contribution >= 4 is 16.0 Å². The third-order valence-electron chi connectivity index (χ3n) is 1.57. The van der Waals surface area contributed by atoms with E-state index in [1.807, 2.05) is 0 Å². The summed E-state index contributed by atoms with van der Waals surface area (Å²) in [5.74, 6) is 0.0200. The number of hydrogen-bond acceptors (Lipinski definition) is 5. The van der Waals surface area contributed by atoms with Crippen LogP contribution in [0.1, 0.15) is 6.92 Å². The van der Waals surface area contributed by atoms with Crippen molar-refractivity contribution in [1.82, 2.24) is 4.72 Å². The zero-order valence-electron chi connectivity index (χ0n) is 8.41. The quantitative estimate of drug-likeness (QED) is 0.612. The number of nitrogens with zero attached hydrogens (tertiary/aromatic N) is 1. The average molecular weight is 246 g/mol. The van der Waals surface area contributed by atoms with Gasteiger partial charge in [-0.25, -0.2) is 0 Å². The molecule has 0 heterocycles. The maximum Gasteiger partial charge on any atom is 0.382 e. The highest BCUT2D eigenvalue weighted by Crippen LogP contribution is 2.18. The summed E-state index contributed by atoms with van der Waals surface area (Å²) in [7, 11) is -3.84. The molecule has 0 aromatic heterocycles. The van der Waals surface area contributed by atoms with Crippen LogP contribution in [0.15, 0.2) is 24.3 Å². The Morgan fingerprint density at radius 1 is 1.38 bits per heavy atom. The molecule has 0 aliphatic heterocycles. The van der Waals surface area contributed by atoms with Crippen molar-refractivity contribution in [2.75, 3.05) is 6.54 Å². The van der Waals surface area contributed by atoms with E-state index in [2.05, 4.69) is 8.91 Å². The summed E-state index contributed by atoms with van der Waals surface area (Å²) in [5.41, 5.74) is -0.131. The molecule has 0 aliphatic rings. The predicted octanol–water partition coefficient (Wildman–Crippen LogP) is 0.828. The Kier molecular flexibility index (Phi) is 3.80. The molecule has 0 saturated heterocycles. The van der Waals surface area contributed by atoms with Crippen molar-refractivity contribution in [3.05, 3.63) is 34.4 Å². The molecule has 16 heavy (non-hydrogen) atoms. The molecule has 0 fully saturated rings. The van der Waals surface area contributed by atoms with Crippen LogP contribution in [0.2, 0.25) is 0 Å². The van der Waals surface area contributed by atoms with Gasteiger partial charge < -0.3 is 4.18 Å². The van der Waals surface area contributed by atoms with E-state index >= 15 is 0 Å². The van der Waals surface area contributed by atoms with Gasteiger partial charge in [0.15, 0.2) is 0 Å². The molecule has 0 atom stereocenters. The van der Waals surface area contributed by atoms with E-state index in [4.69, 9.17) is 0 Å². The average Bonchev–Trinajstić information content (AvgIpc) is 2.17. The Morgan fingerprint density at radius 2 is 1.94 bits per heavy atom. The summed E-state index contributed by atoms with van der Waals surface area (Å²) < 4.78 is 29.0. The van der Waals surface area contributed by atoms with Crippen LogP contribution in [-0.4, -0.2) is 19.9 Å². The second-order valence-corrected chi connectivity index (χ2v) is 4.15. The zero-order chi connectivity index (χ0) is 12.2. The Morgan fingerprint density at radius 3 is 2.38 bits per heavy atom. The number of nitrogens with one attached hydrogen (secondary N) is 1. The monoisotopic (exact) mass is 246 g/mol. The molecule has 1 aromatic rings. The summed E-state index contributed by atoms with van der Waals surface area (Å²) in [5, 5.41) is 10.3. The number of rotatable bonds is 5. The number of benzene rings is 1. The minimum Gasteiger partial charge on any atom is -0.371 e. The molecule has 0 aliphatic carbocycles. The topological polar surface area (TPSA) is 98.5 Å². The van der Waals surface area contributed by atoms with Gasteiger partial charge in [-0.05, 0) is 12.1 Å². The normalized spacial score (nSPS) is 11.1. The smallest absolute Gasteiger partial charge is 0.371 e. The van der Waals surface area contributed by atoms with Crippen molar-refractivity contribution in [2.45, 2.75) is 6.92 Å². The van der Waals surface area contributed by atoms with E-state index < -0.39 is 15.2 Å². The van der Waals surface area contributed by atoms with Gasteiger partial charge in [0.25, 0.3) is 5.69 Å². The van der Waals surface area contributed by atoms with E-state index in [0.717, 1.165) is 12.1 Å². The van der Waals surface area contributed by atoms with Crippen molar-refractivity contribution in [3.8, 4) is 5.75 Å². The first kappa shape index (κ1) is 12.4. The predicted molar refractivity (Wildman–Crippen MR) is 56.3 cm³/mol. The lowest BCUT2D eigenvalue weighted by atomic mass is 10.3. The molecule has 0 spiro atoms. The van der Waals surface area contributed by atoms with Gasteiger partial charge in [0.2, 0.25) is 0 Å². The van der Waals surface area contributed by atoms with Crippen molar-refractivity contribution in [1.29, 1.82) is 0 Å². The van der Waals surface area contributed by atoms with Gasteiger partial charge in [-0.3, -0.25) is 10.1 Å². The third-order valence-corrected chi connectivity index (χ3v) is 2.63. The van der Waals surface area contributed by atoms with Crippen LogP contribution in [0.25, 0.3) is 0 Å². The van der Waals surface area contributed by atoms with Gasteiger partial charge in [-0.1, -0.05) is 6.92 Å². The van der Waals surface area contributed by atoms with Gasteiger partial charge in [0.1, 0.15) is 5.75 Å². The van der Waals surface area contributed by atoms with E-state index in [1.165, 1.54) is 12.1 Å². The molecule has 0 amide bonds. The second-order valence-electron chi connectivity index (χ2n) is 2.79. The summed E-state index contributed by atoms with van der Waals surface area (Å²) in [6.07, 6.45) is 0. The maximum absolute atomic E-state index is 11.2. The Balaban J connectivity index is 2.80.